The van der Waals surface area contributed by atoms with E-state index in [1.165, 1.54) is 32.1 Å². The smallest absolute Gasteiger partial charge is 0.303 e. The average molecular weight is 266 g/mol. The maximum absolute atomic E-state index is 10.4. The van der Waals surface area contributed by atoms with Crippen molar-refractivity contribution in [3.63, 3.8) is 0 Å². The predicted octanol–water partition coefficient (Wildman–Crippen LogP) is 3.87. The lowest BCUT2D eigenvalue weighted by molar-refractivity contribution is 0.192. The summed E-state index contributed by atoms with van der Waals surface area (Å²) in [5, 5.41) is 0. The molecule has 104 valence electrons. The minimum absolute atomic E-state index is 0.162. The van der Waals surface area contributed by atoms with Gasteiger partial charge in [-0.3, -0.25) is 4.52 Å². The highest BCUT2D eigenvalue weighted by molar-refractivity contribution is 7.46. The Morgan fingerprint density at radius 1 is 1.06 bits per heavy atom. The van der Waals surface area contributed by atoms with Gasteiger partial charge in [0.05, 0.1) is 6.61 Å². The summed E-state index contributed by atoms with van der Waals surface area (Å²) in [6.07, 6.45) is 9.20. The zero-order valence-electron chi connectivity index (χ0n) is 11.1. The third-order valence-electron chi connectivity index (χ3n) is 3.06. The van der Waals surface area contributed by atoms with Crippen LogP contribution in [0.5, 0.6) is 0 Å². The molecule has 0 aromatic heterocycles. The van der Waals surface area contributed by atoms with E-state index in [1.807, 2.05) is 0 Å². The van der Waals surface area contributed by atoms with Crippen LogP contribution in [0, 0.1) is 5.92 Å². The van der Waals surface area contributed by atoms with Gasteiger partial charge in [0, 0.05) is 0 Å². The van der Waals surface area contributed by atoms with Gasteiger partial charge in [-0.05, 0) is 12.3 Å². The fourth-order valence-corrected chi connectivity index (χ4v) is 2.32. The summed E-state index contributed by atoms with van der Waals surface area (Å²) < 4.78 is 14.8. The molecule has 0 rings (SSSR count). The summed E-state index contributed by atoms with van der Waals surface area (Å²) in [6.45, 7) is 4.58. The van der Waals surface area contributed by atoms with Crippen LogP contribution in [0.2, 0.25) is 0 Å². The molecule has 0 aliphatic heterocycles. The Morgan fingerprint density at radius 3 is 2.12 bits per heavy atom. The molecule has 0 aromatic carbocycles. The summed E-state index contributed by atoms with van der Waals surface area (Å²) in [6, 6.07) is 0. The zero-order chi connectivity index (χ0) is 13.1. The van der Waals surface area contributed by atoms with Gasteiger partial charge in [-0.15, -0.1) is 0 Å². The Hall–Kier alpha value is 0.110. The van der Waals surface area contributed by atoms with Gasteiger partial charge >= 0.3 is 7.82 Å². The van der Waals surface area contributed by atoms with E-state index in [4.69, 9.17) is 9.79 Å². The van der Waals surface area contributed by atoms with Gasteiger partial charge < -0.3 is 9.79 Å². The summed E-state index contributed by atoms with van der Waals surface area (Å²) in [5.74, 6) is 0.761. The molecular formula is C12H27O4P. The molecule has 0 saturated carbocycles. The first kappa shape index (κ1) is 17.1. The molecule has 0 radical (unpaired) electrons. The molecule has 0 aliphatic carbocycles. The van der Waals surface area contributed by atoms with E-state index in [2.05, 4.69) is 18.4 Å². The molecule has 4 nitrogen and oxygen atoms in total. The molecular weight excluding hydrogens is 239 g/mol. The fourth-order valence-electron chi connectivity index (χ4n) is 1.95. The van der Waals surface area contributed by atoms with Crippen LogP contribution in [-0.4, -0.2) is 16.4 Å². The molecule has 0 heterocycles. The number of hydrogen-bond acceptors (Lipinski definition) is 2. The minimum atomic E-state index is -4.26. The first-order chi connectivity index (χ1) is 7.99. The van der Waals surface area contributed by atoms with Crippen molar-refractivity contribution in [3.8, 4) is 0 Å². The molecule has 1 atom stereocenters. The maximum atomic E-state index is 10.4. The van der Waals surface area contributed by atoms with Crippen molar-refractivity contribution in [3.05, 3.63) is 0 Å². The quantitative estimate of drug-likeness (QED) is 0.440. The lowest BCUT2D eigenvalue weighted by Gasteiger charge is -2.14. The molecule has 0 bridgehead atoms. The monoisotopic (exact) mass is 266 g/mol. The Balaban J connectivity index is 3.46. The fraction of sp³-hybridized carbons (Fsp3) is 1.00. The summed E-state index contributed by atoms with van der Waals surface area (Å²) in [7, 11) is -4.26. The topological polar surface area (TPSA) is 66.8 Å². The van der Waals surface area contributed by atoms with Crippen LogP contribution in [0.25, 0.3) is 0 Å². The van der Waals surface area contributed by atoms with E-state index >= 15 is 0 Å². The molecule has 0 aliphatic rings. The van der Waals surface area contributed by atoms with Crippen LogP contribution in [0.4, 0.5) is 0 Å². The number of phosphoric acid groups is 1. The van der Waals surface area contributed by atoms with E-state index < -0.39 is 7.82 Å². The number of hydrogen-bond donors (Lipinski definition) is 2. The molecule has 0 fully saturated rings. The first-order valence-electron chi connectivity index (χ1n) is 6.69. The molecule has 0 aromatic rings. The Morgan fingerprint density at radius 2 is 1.65 bits per heavy atom. The van der Waals surface area contributed by atoms with E-state index in [9.17, 15) is 4.57 Å². The van der Waals surface area contributed by atoms with Gasteiger partial charge in [0.15, 0.2) is 0 Å². The van der Waals surface area contributed by atoms with Crippen LogP contribution in [0.15, 0.2) is 0 Å². The van der Waals surface area contributed by atoms with Crippen LogP contribution < -0.4 is 0 Å². The Labute approximate surface area is 105 Å². The molecule has 1 unspecified atom stereocenters. The van der Waals surface area contributed by atoms with Crippen molar-refractivity contribution in [2.45, 2.75) is 65.2 Å². The van der Waals surface area contributed by atoms with E-state index in [1.54, 1.807) is 0 Å². The van der Waals surface area contributed by atoms with E-state index in [-0.39, 0.29) is 6.61 Å². The lowest BCUT2D eigenvalue weighted by Crippen LogP contribution is -2.00. The maximum Gasteiger partial charge on any atom is 0.469 e. The second-order valence-corrected chi connectivity index (χ2v) is 5.83. The van der Waals surface area contributed by atoms with E-state index in [0.29, 0.717) is 0 Å². The lowest BCUT2D eigenvalue weighted by atomic mass is 9.93. The third-order valence-corrected chi connectivity index (χ3v) is 3.58. The molecule has 0 amide bonds. The highest BCUT2D eigenvalue weighted by atomic mass is 31.2. The molecule has 0 spiro atoms. The van der Waals surface area contributed by atoms with Crippen LogP contribution >= 0.6 is 7.82 Å². The van der Waals surface area contributed by atoms with Crippen LogP contribution in [-0.2, 0) is 9.09 Å². The molecule has 5 heteroatoms. The van der Waals surface area contributed by atoms with Gasteiger partial charge in [0.25, 0.3) is 0 Å². The largest absolute Gasteiger partial charge is 0.469 e. The Kier molecular flexibility index (Phi) is 10.1. The Bertz CT molecular complexity index is 215. The first-order valence-corrected chi connectivity index (χ1v) is 8.22. The highest BCUT2D eigenvalue weighted by Gasteiger charge is 2.13. The highest BCUT2D eigenvalue weighted by Crippen LogP contribution is 2.35. The predicted molar refractivity (Wildman–Crippen MR) is 69.8 cm³/mol. The van der Waals surface area contributed by atoms with Crippen molar-refractivity contribution in [1.82, 2.24) is 0 Å². The summed E-state index contributed by atoms with van der Waals surface area (Å²) in [5.41, 5.74) is 0. The minimum Gasteiger partial charge on any atom is -0.303 e. The van der Waals surface area contributed by atoms with Crippen LogP contribution in [0.3, 0.4) is 0 Å². The van der Waals surface area contributed by atoms with E-state index in [0.717, 1.165) is 25.2 Å². The number of unbranched alkanes of at least 4 members (excludes halogenated alkanes) is 3. The van der Waals surface area contributed by atoms with Crippen molar-refractivity contribution in [2.75, 3.05) is 6.61 Å². The second-order valence-electron chi connectivity index (χ2n) is 4.59. The number of rotatable bonds is 11. The molecule has 2 N–H and O–H groups in total. The van der Waals surface area contributed by atoms with Gasteiger partial charge in [-0.1, -0.05) is 58.8 Å². The van der Waals surface area contributed by atoms with Gasteiger partial charge in [-0.2, -0.15) is 0 Å². The van der Waals surface area contributed by atoms with Crippen LogP contribution in [0.1, 0.15) is 65.2 Å². The molecule has 0 saturated heterocycles. The van der Waals surface area contributed by atoms with Gasteiger partial charge in [-0.25, -0.2) is 4.57 Å². The number of phosphoric ester groups is 1. The van der Waals surface area contributed by atoms with Crippen molar-refractivity contribution in [2.24, 2.45) is 5.92 Å². The summed E-state index contributed by atoms with van der Waals surface area (Å²) in [4.78, 5) is 17.0. The normalized spacial score (nSPS) is 13.9. The average Bonchev–Trinajstić information content (AvgIpc) is 2.25. The van der Waals surface area contributed by atoms with Gasteiger partial charge in [0.2, 0.25) is 0 Å². The van der Waals surface area contributed by atoms with Gasteiger partial charge in [0.1, 0.15) is 0 Å². The summed E-state index contributed by atoms with van der Waals surface area (Å²) >= 11 is 0. The standard InChI is InChI=1S/C12H27O4P/c1-3-5-6-9-12(4-2)10-7-8-11-16-17(13,14)15/h12H,3-11H2,1-2H3,(H2,13,14,15). The second kappa shape index (κ2) is 10.1. The third kappa shape index (κ3) is 12.4. The van der Waals surface area contributed by atoms with Crippen molar-refractivity contribution >= 4 is 7.82 Å². The SMILES string of the molecule is CCCCCC(CC)CCCCOP(=O)(O)O. The molecule has 17 heavy (non-hydrogen) atoms. The van der Waals surface area contributed by atoms with Crippen molar-refractivity contribution < 1.29 is 18.9 Å². The zero-order valence-corrected chi connectivity index (χ0v) is 12.0. The van der Waals surface area contributed by atoms with Crippen molar-refractivity contribution in [1.29, 1.82) is 0 Å².